The Kier molecular flexibility index (Phi) is 3.66. The van der Waals surface area contributed by atoms with Crippen LogP contribution in [0, 0.1) is 11.7 Å². The molecule has 2 rings (SSSR count). The Balaban J connectivity index is 2.39. The number of hydrogen-bond acceptors (Lipinski definition) is 2. The van der Waals surface area contributed by atoms with E-state index in [1.807, 2.05) is 0 Å². The average Bonchev–Trinajstić information content (AvgIpc) is 2.30. The van der Waals surface area contributed by atoms with E-state index in [9.17, 15) is 14.3 Å². The van der Waals surface area contributed by atoms with Gasteiger partial charge < -0.3 is 10.8 Å². The van der Waals surface area contributed by atoms with Crippen molar-refractivity contribution in [3.63, 3.8) is 0 Å². The van der Waals surface area contributed by atoms with Crippen molar-refractivity contribution in [2.24, 2.45) is 11.7 Å². The Morgan fingerprint density at radius 1 is 1.44 bits per heavy atom. The smallest absolute Gasteiger partial charge is 0.315 e. The van der Waals surface area contributed by atoms with Crippen LogP contribution < -0.4 is 5.73 Å². The molecule has 1 unspecified atom stereocenters. The standard InChI is InChI=1S/C14H18FNO2/c15-12-7-2-1-6-11(12)14(9-16,13(17)18)8-10-4-3-5-10/h1-2,6-7,10H,3-5,8-9,16H2,(H,17,18). The van der Waals surface area contributed by atoms with Gasteiger partial charge in [0.15, 0.2) is 0 Å². The Bertz CT molecular complexity index is 445. The van der Waals surface area contributed by atoms with Crippen LogP contribution in [0.4, 0.5) is 4.39 Å². The van der Waals surface area contributed by atoms with Crippen LogP contribution in [0.3, 0.4) is 0 Å². The molecule has 0 saturated heterocycles. The predicted octanol–water partition coefficient (Wildman–Crippen LogP) is 2.30. The molecule has 1 fully saturated rings. The molecule has 0 heterocycles. The first kappa shape index (κ1) is 13.0. The molecule has 0 aliphatic heterocycles. The second kappa shape index (κ2) is 5.06. The van der Waals surface area contributed by atoms with Crippen LogP contribution in [0.15, 0.2) is 24.3 Å². The largest absolute Gasteiger partial charge is 0.481 e. The molecule has 98 valence electrons. The molecule has 3 N–H and O–H groups in total. The normalized spacial score (nSPS) is 19.0. The minimum absolute atomic E-state index is 0.0697. The summed E-state index contributed by atoms with van der Waals surface area (Å²) in [7, 11) is 0. The average molecular weight is 251 g/mol. The zero-order valence-corrected chi connectivity index (χ0v) is 10.2. The number of benzene rings is 1. The van der Waals surface area contributed by atoms with Crippen molar-refractivity contribution in [2.45, 2.75) is 31.1 Å². The van der Waals surface area contributed by atoms with Crippen molar-refractivity contribution in [1.29, 1.82) is 0 Å². The number of rotatable bonds is 5. The molecule has 1 aromatic rings. The maximum atomic E-state index is 13.9. The van der Waals surface area contributed by atoms with Crippen molar-refractivity contribution in [3.05, 3.63) is 35.6 Å². The molecule has 1 aromatic carbocycles. The highest BCUT2D eigenvalue weighted by Crippen LogP contribution is 2.40. The van der Waals surface area contributed by atoms with E-state index in [0.717, 1.165) is 19.3 Å². The molecule has 1 aliphatic rings. The van der Waals surface area contributed by atoms with Crippen LogP contribution in [-0.4, -0.2) is 17.6 Å². The highest BCUT2D eigenvalue weighted by Gasteiger charge is 2.43. The lowest BCUT2D eigenvalue weighted by Crippen LogP contribution is -2.46. The fourth-order valence-corrected chi connectivity index (χ4v) is 2.63. The van der Waals surface area contributed by atoms with E-state index in [2.05, 4.69) is 0 Å². The maximum absolute atomic E-state index is 13.9. The molecule has 0 amide bonds. The van der Waals surface area contributed by atoms with Crippen LogP contribution in [0.5, 0.6) is 0 Å². The summed E-state index contributed by atoms with van der Waals surface area (Å²) in [5, 5.41) is 9.52. The van der Waals surface area contributed by atoms with Crippen LogP contribution >= 0.6 is 0 Å². The van der Waals surface area contributed by atoms with Crippen molar-refractivity contribution >= 4 is 5.97 Å². The minimum Gasteiger partial charge on any atom is -0.481 e. The lowest BCUT2D eigenvalue weighted by Gasteiger charge is -2.36. The number of halogens is 1. The third-order valence-corrected chi connectivity index (χ3v) is 4.01. The Labute approximate surface area is 106 Å². The summed E-state index contributed by atoms with van der Waals surface area (Å²) < 4.78 is 13.9. The Morgan fingerprint density at radius 2 is 2.11 bits per heavy atom. The molecule has 0 radical (unpaired) electrons. The molecule has 0 aromatic heterocycles. The molecule has 3 nitrogen and oxygen atoms in total. The third-order valence-electron chi connectivity index (χ3n) is 4.01. The van der Waals surface area contributed by atoms with Gasteiger partial charge >= 0.3 is 5.97 Å². The summed E-state index contributed by atoms with van der Waals surface area (Å²) in [6.07, 6.45) is 3.59. The quantitative estimate of drug-likeness (QED) is 0.844. The van der Waals surface area contributed by atoms with E-state index in [-0.39, 0.29) is 12.1 Å². The zero-order valence-electron chi connectivity index (χ0n) is 10.2. The van der Waals surface area contributed by atoms with E-state index in [0.29, 0.717) is 12.3 Å². The summed E-state index contributed by atoms with van der Waals surface area (Å²) in [4.78, 5) is 11.6. The van der Waals surface area contributed by atoms with Crippen LogP contribution in [0.1, 0.15) is 31.2 Å². The van der Waals surface area contributed by atoms with Crippen LogP contribution in [0.25, 0.3) is 0 Å². The minimum atomic E-state index is -1.28. The van der Waals surface area contributed by atoms with E-state index in [4.69, 9.17) is 5.73 Å². The van der Waals surface area contributed by atoms with Gasteiger partial charge in [-0.25, -0.2) is 4.39 Å². The first-order chi connectivity index (χ1) is 8.60. The van der Waals surface area contributed by atoms with Crippen molar-refractivity contribution < 1.29 is 14.3 Å². The van der Waals surface area contributed by atoms with Gasteiger partial charge in [0.25, 0.3) is 0 Å². The Hall–Kier alpha value is -1.42. The molecule has 0 bridgehead atoms. The van der Waals surface area contributed by atoms with Crippen LogP contribution in [-0.2, 0) is 10.2 Å². The monoisotopic (exact) mass is 251 g/mol. The lowest BCUT2D eigenvalue weighted by molar-refractivity contribution is -0.144. The maximum Gasteiger partial charge on any atom is 0.315 e. The first-order valence-corrected chi connectivity index (χ1v) is 6.28. The molecule has 4 heteroatoms. The van der Waals surface area contributed by atoms with Gasteiger partial charge in [0.1, 0.15) is 11.2 Å². The first-order valence-electron chi connectivity index (χ1n) is 6.28. The molecule has 1 atom stereocenters. The molecular formula is C14H18FNO2. The summed E-state index contributed by atoms with van der Waals surface area (Å²) in [5.74, 6) is -1.16. The van der Waals surface area contributed by atoms with Gasteiger partial charge in [0, 0.05) is 12.1 Å². The number of carboxylic acids is 1. The van der Waals surface area contributed by atoms with E-state index >= 15 is 0 Å². The number of nitrogens with two attached hydrogens (primary N) is 1. The van der Waals surface area contributed by atoms with Crippen molar-refractivity contribution in [3.8, 4) is 0 Å². The predicted molar refractivity (Wildman–Crippen MR) is 66.7 cm³/mol. The van der Waals surface area contributed by atoms with E-state index in [1.165, 1.54) is 12.1 Å². The highest BCUT2D eigenvalue weighted by molar-refractivity contribution is 5.82. The van der Waals surface area contributed by atoms with Gasteiger partial charge in [-0.1, -0.05) is 37.5 Å². The topological polar surface area (TPSA) is 63.3 Å². The Morgan fingerprint density at radius 3 is 2.56 bits per heavy atom. The second-order valence-electron chi connectivity index (χ2n) is 5.07. The summed E-state index contributed by atoms with van der Waals surface area (Å²) in [5.41, 5.74) is 4.62. The van der Waals surface area contributed by atoms with Crippen molar-refractivity contribution in [1.82, 2.24) is 0 Å². The van der Waals surface area contributed by atoms with Gasteiger partial charge in [-0.3, -0.25) is 4.79 Å². The molecular weight excluding hydrogens is 233 g/mol. The van der Waals surface area contributed by atoms with Gasteiger partial charge in [-0.15, -0.1) is 0 Å². The van der Waals surface area contributed by atoms with Gasteiger partial charge in [-0.2, -0.15) is 0 Å². The molecule has 1 saturated carbocycles. The number of carbonyl (C=O) groups is 1. The fourth-order valence-electron chi connectivity index (χ4n) is 2.63. The summed E-state index contributed by atoms with van der Waals surface area (Å²) >= 11 is 0. The van der Waals surface area contributed by atoms with Gasteiger partial charge in [0.2, 0.25) is 0 Å². The number of hydrogen-bond donors (Lipinski definition) is 2. The number of aliphatic carboxylic acids is 1. The van der Waals surface area contributed by atoms with Crippen LogP contribution in [0.2, 0.25) is 0 Å². The zero-order chi connectivity index (χ0) is 13.2. The van der Waals surface area contributed by atoms with Crippen molar-refractivity contribution in [2.75, 3.05) is 6.54 Å². The third kappa shape index (κ3) is 2.12. The SMILES string of the molecule is NCC(CC1CCC1)(C(=O)O)c1ccccc1F. The molecule has 18 heavy (non-hydrogen) atoms. The highest BCUT2D eigenvalue weighted by atomic mass is 19.1. The molecule has 1 aliphatic carbocycles. The second-order valence-corrected chi connectivity index (χ2v) is 5.07. The van der Waals surface area contributed by atoms with E-state index in [1.54, 1.807) is 12.1 Å². The summed E-state index contributed by atoms with van der Waals surface area (Å²) in [6, 6.07) is 6.05. The van der Waals surface area contributed by atoms with Gasteiger partial charge in [0.05, 0.1) is 0 Å². The summed E-state index contributed by atoms with van der Waals surface area (Å²) in [6.45, 7) is -0.0697. The fraction of sp³-hybridized carbons (Fsp3) is 0.500. The van der Waals surface area contributed by atoms with E-state index < -0.39 is 17.2 Å². The number of carboxylic acid groups (broad SMARTS) is 1. The molecule has 0 spiro atoms. The van der Waals surface area contributed by atoms with Gasteiger partial charge in [-0.05, 0) is 18.4 Å². The lowest BCUT2D eigenvalue weighted by atomic mass is 9.68.